The molecular weight excluding hydrogens is 254 g/mol. The van der Waals surface area contributed by atoms with Gasteiger partial charge in [0.1, 0.15) is 5.69 Å². The molecule has 1 aromatic heterocycles. The van der Waals surface area contributed by atoms with Gasteiger partial charge in [-0.3, -0.25) is 4.79 Å². The average Bonchev–Trinajstić information content (AvgIpc) is 2.45. The van der Waals surface area contributed by atoms with Gasteiger partial charge in [-0.2, -0.15) is 0 Å². The Morgan fingerprint density at radius 2 is 2.05 bits per heavy atom. The monoisotopic (exact) mass is 273 g/mol. The maximum absolute atomic E-state index is 12.1. The number of fused-ring (bicyclic) bond motifs is 1. The average molecular weight is 273 g/mol. The quantitative estimate of drug-likeness (QED) is 0.852. The van der Waals surface area contributed by atoms with Gasteiger partial charge >= 0.3 is 5.97 Å². The van der Waals surface area contributed by atoms with Crippen LogP contribution in [0.3, 0.4) is 0 Å². The Hall–Kier alpha value is -2.10. The van der Waals surface area contributed by atoms with E-state index in [1.165, 1.54) is 6.07 Å². The molecule has 4 nitrogen and oxygen atoms in total. The maximum atomic E-state index is 12.1. The Balaban J connectivity index is 2.41. The molecule has 106 valence electrons. The van der Waals surface area contributed by atoms with Crippen LogP contribution < -0.4 is 5.43 Å². The first-order chi connectivity index (χ1) is 9.65. The Labute approximate surface area is 117 Å². The first kappa shape index (κ1) is 14.3. The number of pyridine rings is 1. The SMILES string of the molecule is CCCCc1ccc2[nH]c(C(=O)OCC)cc(=O)c2c1. The molecule has 2 aromatic rings. The van der Waals surface area contributed by atoms with Crippen LogP contribution in [0.15, 0.2) is 29.1 Å². The van der Waals surface area contributed by atoms with Crippen LogP contribution >= 0.6 is 0 Å². The summed E-state index contributed by atoms with van der Waals surface area (Å²) in [7, 11) is 0. The van der Waals surface area contributed by atoms with Gasteiger partial charge in [-0.1, -0.05) is 19.4 Å². The Bertz CT molecular complexity index is 673. The number of carbonyl (C=O) groups excluding carboxylic acids is 1. The zero-order valence-corrected chi connectivity index (χ0v) is 11.9. The van der Waals surface area contributed by atoms with Gasteiger partial charge in [-0.05, 0) is 37.5 Å². The van der Waals surface area contributed by atoms with Crippen molar-refractivity contribution in [1.29, 1.82) is 0 Å². The minimum Gasteiger partial charge on any atom is -0.461 e. The molecule has 0 fully saturated rings. The zero-order chi connectivity index (χ0) is 14.5. The molecule has 0 spiro atoms. The zero-order valence-electron chi connectivity index (χ0n) is 11.9. The molecule has 0 radical (unpaired) electrons. The van der Waals surface area contributed by atoms with Crippen LogP contribution in [0.2, 0.25) is 0 Å². The van der Waals surface area contributed by atoms with Crippen LogP contribution in [-0.4, -0.2) is 17.6 Å². The number of aromatic nitrogens is 1. The number of hydrogen-bond donors (Lipinski definition) is 1. The van der Waals surface area contributed by atoms with E-state index in [4.69, 9.17) is 4.74 Å². The van der Waals surface area contributed by atoms with Gasteiger partial charge < -0.3 is 9.72 Å². The third kappa shape index (κ3) is 3.07. The second kappa shape index (κ2) is 6.37. The number of unbranched alkanes of at least 4 members (excludes halogenated alkanes) is 1. The van der Waals surface area contributed by atoms with E-state index in [9.17, 15) is 9.59 Å². The van der Waals surface area contributed by atoms with Crippen molar-refractivity contribution in [3.05, 3.63) is 45.7 Å². The lowest BCUT2D eigenvalue weighted by Crippen LogP contribution is -2.12. The molecule has 4 heteroatoms. The highest BCUT2D eigenvalue weighted by molar-refractivity contribution is 5.91. The molecule has 1 N–H and O–H groups in total. The van der Waals surface area contributed by atoms with E-state index < -0.39 is 5.97 Å². The second-order valence-electron chi connectivity index (χ2n) is 4.75. The van der Waals surface area contributed by atoms with Crippen molar-refractivity contribution in [1.82, 2.24) is 4.98 Å². The summed E-state index contributed by atoms with van der Waals surface area (Å²) >= 11 is 0. The topological polar surface area (TPSA) is 59.2 Å². The molecule has 0 saturated carbocycles. The number of carbonyl (C=O) groups is 1. The van der Waals surface area contributed by atoms with Gasteiger partial charge in [0, 0.05) is 17.0 Å². The van der Waals surface area contributed by atoms with Crippen LogP contribution in [0.4, 0.5) is 0 Å². The third-order valence-electron chi connectivity index (χ3n) is 3.21. The molecule has 1 aromatic carbocycles. The van der Waals surface area contributed by atoms with Crippen molar-refractivity contribution >= 4 is 16.9 Å². The van der Waals surface area contributed by atoms with Gasteiger partial charge in [0.05, 0.1) is 6.61 Å². The minimum absolute atomic E-state index is 0.153. The number of ether oxygens (including phenoxy) is 1. The molecule has 0 bridgehead atoms. The molecule has 0 saturated heterocycles. The predicted octanol–water partition coefficient (Wildman–Crippen LogP) is 3.05. The van der Waals surface area contributed by atoms with Crippen molar-refractivity contribution in [3.8, 4) is 0 Å². The largest absolute Gasteiger partial charge is 0.461 e. The normalized spacial score (nSPS) is 10.7. The second-order valence-corrected chi connectivity index (χ2v) is 4.75. The summed E-state index contributed by atoms with van der Waals surface area (Å²) in [5.41, 5.74) is 1.86. The van der Waals surface area contributed by atoms with Gasteiger partial charge in [0.15, 0.2) is 5.43 Å². The summed E-state index contributed by atoms with van der Waals surface area (Å²) in [6.07, 6.45) is 3.19. The number of hydrogen-bond acceptors (Lipinski definition) is 3. The Morgan fingerprint density at radius 1 is 1.25 bits per heavy atom. The standard InChI is InChI=1S/C16H19NO3/c1-3-5-6-11-7-8-13-12(9-11)15(18)10-14(17-13)16(19)20-4-2/h7-10H,3-6H2,1-2H3,(H,17,18). The number of aromatic amines is 1. The highest BCUT2D eigenvalue weighted by atomic mass is 16.5. The van der Waals surface area contributed by atoms with E-state index in [1.54, 1.807) is 6.92 Å². The molecule has 20 heavy (non-hydrogen) atoms. The summed E-state index contributed by atoms with van der Waals surface area (Å²) in [5, 5.41) is 0.617. The van der Waals surface area contributed by atoms with Crippen LogP contribution in [-0.2, 0) is 11.2 Å². The molecule has 2 rings (SSSR count). The summed E-state index contributed by atoms with van der Waals surface area (Å²) in [6, 6.07) is 7.05. The molecular formula is C16H19NO3. The summed E-state index contributed by atoms with van der Waals surface area (Å²) in [4.78, 5) is 26.7. The first-order valence-electron chi connectivity index (χ1n) is 6.98. The van der Waals surface area contributed by atoms with E-state index in [0.29, 0.717) is 10.9 Å². The fourth-order valence-electron chi connectivity index (χ4n) is 2.15. The van der Waals surface area contributed by atoms with E-state index in [0.717, 1.165) is 24.8 Å². The lowest BCUT2D eigenvalue weighted by Gasteiger charge is -2.06. The fraction of sp³-hybridized carbons (Fsp3) is 0.375. The Kier molecular flexibility index (Phi) is 4.56. The molecule has 0 amide bonds. The van der Waals surface area contributed by atoms with Crippen LogP contribution in [0.25, 0.3) is 10.9 Å². The van der Waals surface area contributed by atoms with Gasteiger partial charge in [0.25, 0.3) is 0 Å². The highest BCUT2D eigenvalue weighted by Crippen LogP contribution is 2.13. The number of benzene rings is 1. The van der Waals surface area contributed by atoms with Crippen LogP contribution in [0, 0.1) is 0 Å². The first-order valence-corrected chi connectivity index (χ1v) is 6.98. The molecule has 0 aliphatic rings. The summed E-state index contributed by atoms with van der Waals surface area (Å²) in [5.74, 6) is -0.499. The van der Waals surface area contributed by atoms with E-state index in [1.807, 2.05) is 18.2 Å². The summed E-state index contributed by atoms with van der Waals surface area (Å²) < 4.78 is 4.90. The summed E-state index contributed by atoms with van der Waals surface area (Å²) in [6.45, 7) is 4.16. The number of esters is 1. The van der Waals surface area contributed by atoms with Crippen molar-refractivity contribution in [2.75, 3.05) is 6.61 Å². The van der Waals surface area contributed by atoms with Gasteiger partial charge in [0.2, 0.25) is 0 Å². The Morgan fingerprint density at radius 3 is 2.75 bits per heavy atom. The van der Waals surface area contributed by atoms with E-state index >= 15 is 0 Å². The smallest absolute Gasteiger partial charge is 0.354 e. The molecule has 0 unspecified atom stereocenters. The molecule has 0 aliphatic carbocycles. The number of aryl methyl sites for hydroxylation is 1. The van der Waals surface area contributed by atoms with Gasteiger partial charge in [-0.15, -0.1) is 0 Å². The molecule has 1 heterocycles. The predicted molar refractivity (Wildman–Crippen MR) is 79.1 cm³/mol. The van der Waals surface area contributed by atoms with Gasteiger partial charge in [-0.25, -0.2) is 4.79 Å². The number of H-pyrrole nitrogens is 1. The molecule has 0 atom stereocenters. The third-order valence-corrected chi connectivity index (χ3v) is 3.21. The van der Waals surface area contributed by atoms with E-state index in [-0.39, 0.29) is 17.7 Å². The van der Waals surface area contributed by atoms with Crippen molar-refractivity contribution in [2.45, 2.75) is 33.1 Å². The number of nitrogens with one attached hydrogen (secondary N) is 1. The molecule has 0 aliphatic heterocycles. The minimum atomic E-state index is -0.499. The maximum Gasteiger partial charge on any atom is 0.354 e. The lowest BCUT2D eigenvalue weighted by molar-refractivity contribution is 0.0520. The van der Waals surface area contributed by atoms with Crippen LogP contribution in [0.5, 0.6) is 0 Å². The van der Waals surface area contributed by atoms with Crippen molar-refractivity contribution in [2.24, 2.45) is 0 Å². The number of rotatable bonds is 5. The van der Waals surface area contributed by atoms with Crippen LogP contribution in [0.1, 0.15) is 42.7 Å². The lowest BCUT2D eigenvalue weighted by atomic mass is 10.1. The van der Waals surface area contributed by atoms with Crippen molar-refractivity contribution in [3.63, 3.8) is 0 Å². The highest BCUT2D eigenvalue weighted by Gasteiger charge is 2.10. The van der Waals surface area contributed by atoms with E-state index in [2.05, 4.69) is 11.9 Å². The fourth-order valence-corrected chi connectivity index (χ4v) is 2.15. The van der Waals surface area contributed by atoms with Crippen molar-refractivity contribution < 1.29 is 9.53 Å².